The summed E-state index contributed by atoms with van der Waals surface area (Å²) in [4.78, 5) is 37.3. The lowest BCUT2D eigenvalue weighted by molar-refractivity contribution is -0.144. The summed E-state index contributed by atoms with van der Waals surface area (Å²) >= 11 is 5.94. The van der Waals surface area contributed by atoms with Gasteiger partial charge in [-0.25, -0.2) is 4.79 Å². The van der Waals surface area contributed by atoms with Crippen LogP contribution < -0.4 is 4.74 Å². The number of benzene rings is 2. The van der Waals surface area contributed by atoms with E-state index in [2.05, 4.69) is 0 Å². The molecule has 7 nitrogen and oxygen atoms in total. The van der Waals surface area contributed by atoms with Crippen LogP contribution >= 0.6 is 11.6 Å². The van der Waals surface area contributed by atoms with Crippen molar-refractivity contribution in [2.75, 3.05) is 13.7 Å². The van der Waals surface area contributed by atoms with E-state index in [1.165, 1.54) is 23.8 Å². The summed E-state index contributed by atoms with van der Waals surface area (Å²) in [6.07, 6.45) is 2.72. The van der Waals surface area contributed by atoms with Crippen LogP contribution in [0.15, 0.2) is 54.6 Å². The Morgan fingerprint density at radius 3 is 2.44 bits per heavy atom. The van der Waals surface area contributed by atoms with Crippen molar-refractivity contribution in [2.24, 2.45) is 0 Å². The summed E-state index contributed by atoms with van der Waals surface area (Å²) in [6, 6.07) is 11.5. The summed E-state index contributed by atoms with van der Waals surface area (Å²) < 4.78 is 11.9. The molecule has 0 bridgehead atoms. The molecule has 1 atom stereocenters. The number of aliphatic carboxylic acids is 1. The molecule has 166 valence electrons. The minimum Gasteiger partial charge on any atom is -0.497 e. The van der Waals surface area contributed by atoms with Crippen LogP contribution in [0.5, 0.6) is 5.75 Å². The van der Waals surface area contributed by atoms with Gasteiger partial charge in [-0.3, -0.25) is 14.2 Å². The number of rotatable bonds is 7. The van der Waals surface area contributed by atoms with Crippen molar-refractivity contribution >= 4 is 40.3 Å². The zero-order valence-electron chi connectivity index (χ0n) is 17.8. The molecule has 0 saturated carbocycles. The van der Waals surface area contributed by atoms with Crippen molar-refractivity contribution < 1.29 is 29.0 Å². The van der Waals surface area contributed by atoms with Gasteiger partial charge >= 0.3 is 11.9 Å². The first-order chi connectivity index (χ1) is 15.3. The largest absolute Gasteiger partial charge is 0.497 e. The van der Waals surface area contributed by atoms with E-state index in [9.17, 15) is 19.5 Å². The molecule has 2 aromatic carbocycles. The van der Waals surface area contributed by atoms with Crippen LogP contribution in [0.1, 0.15) is 34.5 Å². The highest BCUT2D eigenvalue weighted by atomic mass is 35.5. The predicted molar refractivity (Wildman–Crippen MR) is 121 cm³/mol. The molecule has 0 amide bonds. The average Bonchev–Trinajstić information content (AvgIpc) is 3.05. The van der Waals surface area contributed by atoms with Crippen LogP contribution in [0.4, 0.5) is 0 Å². The minimum atomic E-state index is -1.18. The van der Waals surface area contributed by atoms with Gasteiger partial charge in [-0.15, -0.1) is 0 Å². The maximum absolute atomic E-state index is 13.4. The summed E-state index contributed by atoms with van der Waals surface area (Å²) in [6.45, 7) is 2.94. The smallest absolute Gasteiger partial charge is 0.330 e. The molecule has 3 rings (SSSR count). The Morgan fingerprint density at radius 2 is 1.84 bits per heavy atom. The molecule has 0 aliphatic carbocycles. The Kier molecular flexibility index (Phi) is 7.00. The number of carboxylic acids is 1. The molecule has 0 aliphatic rings. The van der Waals surface area contributed by atoms with Crippen LogP contribution in [0.2, 0.25) is 5.02 Å². The predicted octanol–water partition coefficient (Wildman–Crippen LogP) is 4.59. The molecule has 1 heterocycles. The number of halogens is 1. The summed E-state index contributed by atoms with van der Waals surface area (Å²) in [7, 11) is 1.50. The minimum absolute atomic E-state index is 0.337. The molecule has 32 heavy (non-hydrogen) atoms. The van der Waals surface area contributed by atoms with E-state index >= 15 is 0 Å². The number of hydrogen-bond donors (Lipinski definition) is 1. The van der Waals surface area contributed by atoms with Gasteiger partial charge in [-0.2, -0.15) is 0 Å². The number of carboxylic acid groups (broad SMARTS) is 1. The molecule has 8 heteroatoms. The molecule has 3 aromatic rings. The van der Waals surface area contributed by atoms with Crippen LogP contribution in [0.3, 0.4) is 0 Å². The van der Waals surface area contributed by atoms with Gasteiger partial charge in [0.1, 0.15) is 18.3 Å². The monoisotopic (exact) mass is 455 g/mol. The molecule has 0 spiro atoms. The van der Waals surface area contributed by atoms with Gasteiger partial charge in [0.05, 0.1) is 12.6 Å². The number of nitrogens with zero attached hydrogens (tertiary/aromatic N) is 1. The molecule has 1 aromatic heterocycles. The number of carbonyl (C=O) groups excluding carboxylic acids is 2. The summed E-state index contributed by atoms with van der Waals surface area (Å²) in [5.74, 6) is -2.84. The third-order valence-corrected chi connectivity index (χ3v) is 5.35. The van der Waals surface area contributed by atoms with E-state index in [0.29, 0.717) is 38.5 Å². The highest BCUT2D eigenvalue weighted by Gasteiger charge is 2.30. The third-order valence-electron chi connectivity index (χ3n) is 5.10. The SMILES string of the molecule is C/C=C/C(=O)OCC(C(=O)O)c1c(C)n(C(=O)c2ccc(Cl)cc2)c2ccc(OC)cc12. The second-order valence-electron chi connectivity index (χ2n) is 7.05. The first-order valence-electron chi connectivity index (χ1n) is 9.80. The van der Waals surface area contributed by atoms with Crippen molar-refractivity contribution in [1.82, 2.24) is 4.57 Å². The molecule has 0 fully saturated rings. The lowest BCUT2D eigenvalue weighted by Gasteiger charge is -2.14. The molecular weight excluding hydrogens is 434 g/mol. The second-order valence-corrected chi connectivity index (χ2v) is 7.49. The number of carbonyl (C=O) groups is 3. The maximum Gasteiger partial charge on any atom is 0.330 e. The van der Waals surface area contributed by atoms with E-state index in [-0.39, 0.29) is 12.5 Å². The number of esters is 1. The van der Waals surface area contributed by atoms with Crippen LogP contribution in [0, 0.1) is 6.92 Å². The van der Waals surface area contributed by atoms with E-state index in [4.69, 9.17) is 21.1 Å². The fourth-order valence-electron chi connectivity index (χ4n) is 3.60. The zero-order chi connectivity index (χ0) is 23.4. The molecule has 0 aliphatic heterocycles. The van der Waals surface area contributed by atoms with Gasteiger partial charge in [0.2, 0.25) is 0 Å². The quantitative estimate of drug-likeness (QED) is 0.413. The van der Waals surface area contributed by atoms with Gasteiger partial charge in [0.15, 0.2) is 0 Å². The van der Waals surface area contributed by atoms with Crippen molar-refractivity contribution in [1.29, 1.82) is 0 Å². The van der Waals surface area contributed by atoms with Gasteiger partial charge in [-0.1, -0.05) is 17.7 Å². The Labute approximate surface area is 189 Å². The topological polar surface area (TPSA) is 94.8 Å². The van der Waals surface area contributed by atoms with Gasteiger partial charge in [0.25, 0.3) is 5.91 Å². The number of hydrogen-bond acceptors (Lipinski definition) is 5. The van der Waals surface area contributed by atoms with Gasteiger partial charge in [0, 0.05) is 27.7 Å². The number of allylic oxidation sites excluding steroid dienone is 1. The Balaban J connectivity index is 2.19. The molecular formula is C24H22ClNO6. The normalized spacial score (nSPS) is 12.1. The van der Waals surface area contributed by atoms with Crippen molar-refractivity contribution in [3.05, 3.63) is 76.5 Å². The zero-order valence-corrected chi connectivity index (χ0v) is 18.6. The Morgan fingerprint density at radius 1 is 1.16 bits per heavy atom. The first kappa shape index (κ1) is 23.1. The van der Waals surface area contributed by atoms with E-state index in [1.807, 2.05) is 0 Å². The standard InChI is InChI=1S/C24H22ClNO6/c1-4-5-21(27)32-13-19(24(29)30)22-14(2)26(20-11-10-17(31-3)12-18(20)22)23(28)15-6-8-16(25)9-7-15/h4-12,19H,13H2,1-3H3,(H,29,30)/b5-4+. The van der Waals surface area contributed by atoms with Gasteiger partial charge < -0.3 is 14.6 Å². The van der Waals surface area contributed by atoms with E-state index in [1.54, 1.807) is 56.3 Å². The van der Waals surface area contributed by atoms with Crippen LogP contribution in [0.25, 0.3) is 10.9 Å². The van der Waals surface area contributed by atoms with Crippen molar-refractivity contribution in [3.8, 4) is 5.75 Å². The lowest BCUT2D eigenvalue weighted by Crippen LogP contribution is -2.21. The maximum atomic E-state index is 13.4. The van der Waals surface area contributed by atoms with Crippen LogP contribution in [-0.2, 0) is 14.3 Å². The molecule has 0 radical (unpaired) electrons. The van der Waals surface area contributed by atoms with Crippen molar-refractivity contribution in [2.45, 2.75) is 19.8 Å². The number of aromatic nitrogens is 1. The van der Waals surface area contributed by atoms with Gasteiger partial charge in [-0.05, 0) is 61.9 Å². The Hall–Kier alpha value is -3.58. The first-order valence-corrected chi connectivity index (χ1v) is 10.2. The number of fused-ring (bicyclic) bond motifs is 1. The molecule has 1 N–H and O–H groups in total. The van der Waals surface area contributed by atoms with E-state index in [0.717, 1.165) is 0 Å². The van der Waals surface area contributed by atoms with Crippen molar-refractivity contribution in [3.63, 3.8) is 0 Å². The number of methoxy groups -OCH3 is 1. The number of ether oxygens (including phenoxy) is 2. The summed E-state index contributed by atoms with van der Waals surface area (Å²) in [5.41, 5.74) is 1.72. The Bertz CT molecular complexity index is 1210. The second kappa shape index (κ2) is 9.70. The highest BCUT2D eigenvalue weighted by molar-refractivity contribution is 6.30. The molecule has 0 saturated heterocycles. The highest BCUT2D eigenvalue weighted by Crippen LogP contribution is 2.35. The average molecular weight is 456 g/mol. The van der Waals surface area contributed by atoms with Crippen LogP contribution in [-0.4, -0.2) is 41.2 Å². The fourth-order valence-corrected chi connectivity index (χ4v) is 3.73. The third kappa shape index (κ3) is 4.53. The fraction of sp³-hybridized carbons (Fsp3) is 0.208. The molecule has 1 unspecified atom stereocenters. The van der Waals surface area contributed by atoms with E-state index < -0.39 is 17.9 Å². The lowest BCUT2D eigenvalue weighted by atomic mass is 9.96. The summed E-state index contributed by atoms with van der Waals surface area (Å²) in [5, 5.41) is 10.9.